The molecule has 0 aliphatic heterocycles. The molecule has 0 aromatic carbocycles. The summed E-state index contributed by atoms with van der Waals surface area (Å²) >= 11 is 0. The number of nitrogens with zero attached hydrogens (tertiary/aromatic N) is 2. The van der Waals surface area contributed by atoms with Crippen molar-refractivity contribution in [3.8, 4) is 0 Å². The molecule has 0 amide bonds. The molecule has 1 atom stereocenters. The molecule has 0 radical (unpaired) electrons. The van der Waals surface area contributed by atoms with E-state index in [1.165, 1.54) is 231 Å². The van der Waals surface area contributed by atoms with E-state index >= 15 is 0 Å². The van der Waals surface area contributed by atoms with Gasteiger partial charge in [0, 0.05) is 38.8 Å². The van der Waals surface area contributed by atoms with Crippen LogP contribution in [0.1, 0.15) is 343 Å². The van der Waals surface area contributed by atoms with E-state index in [1.54, 1.807) is 0 Å². The van der Waals surface area contributed by atoms with Gasteiger partial charge in [0.15, 0.2) is 0 Å². The van der Waals surface area contributed by atoms with Crippen LogP contribution >= 0.6 is 0 Å². The summed E-state index contributed by atoms with van der Waals surface area (Å²) in [6, 6.07) is -0.0754. The first-order valence-corrected chi connectivity index (χ1v) is 33.9. The molecule has 0 fully saturated rings. The third-order valence-corrected chi connectivity index (χ3v) is 15.7. The Kier molecular flexibility index (Phi) is 59.7. The van der Waals surface area contributed by atoms with E-state index in [0.717, 1.165) is 51.4 Å². The molecule has 0 heterocycles. The predicted molar refractivity (Wildman–Crippen MR) is 326 cm³/mol. The number of unbranched alkanes of at least 4 members (excludes halogenated alkanes) is 40. The van der Waals surface area contributed by atoms with Crippen molar-refractivity contribution in [3.63, 3.8) is 0 Å². The Labute approximate surface area is 477 Å². The van der Waals surface area contributed by atoms with Gasteiger partial charge in [-0.3, -0.25) is 24.1 Å². The number of carbonyl (C=O) groups is 4. The molecule has 10 nitrogen and oxygen atoms in total. The lowest BCUT2D eigenvalue weighted by Gasteiger charge is -2.33. The molecular formula is C67H130N2O8. The Balaban J connectivity index is 5.36. The topological polar surface area (TPSA) is 112 Å². The van der Waals surface area contributed by atoms with Crippen molar-refractivity contribution >= 4 is 23.9 Å². The van der Waals surface area contributed by atoms with Gasteiger partial charge in [0.2, 0.25) is 0 Å². The fourth-order valence-electron chi connectivity index (χ4n) is 10.4. The average Bonchev–Trinajstić information content (AvgIpc) is 3.42. The minimum absolute atomic E-state index is 0.0754. The Bertz CT molecular complexity index is 1180. The first-order chi connectivity index (χ1) is 37.8. The SMILES string of the molecule is CCCCCCCCCCCCCOC(=O)CCN(CCC(=O)OCCCCCCCCCCCCC)CC(C)N(CCC(=O)OCCCCCCCCCCCCC)CCC(=O)OCCCCCCCCCCCCC. The molecule has 0 saturated heterocycles. The van der Waals surface area contributed by atoms with Crippen molar-refractivity contribution < 1.29 is 38.1 Å². The normalized spacial score (nSPS) is 11.9. The number of ether oxygens (including phenoxy) is 4. The van der Waals surface area contributed by atoms with Gasteiger partial charge in [0.25, 0.3) is 0 Å². The van der Waals surface area contributed by atoms with Gasteiger partial charge in [0.05, 0.1) is 52.1 Å². The number of rotatable bonds is 63. The second-order valence-corrected chi connectivity index (χ2v) is 23.2. The van der Waals surface area contributed by atoms with Crippen LogP contribution in [0.4, 0.5) is 0 Å². The molecule has 0 saturated carbocycles. The van der Waals surface area contributed by atoms with E-state index < -0.39 is 0 Å². The molecule has 77 heavy (non-hydrogen) atoms. The number of hydrogen-bond acceptors (Lipinski definition) is 10. The maximum atomic E-state index is 13.1. The molecule has 0 bridgehead atoms. The van der Waals surface area contributed by atoms with Crippen LogP contribution in [0.5, 0.6) is 0 Å². The Morgan fingerprint density at radius 2 is 0.455 bits per heavy atom. The molecule has 0 rings (SSSR count). The largest absolute Gasteiger partial charge is 0.466 e. The highest BCUT2D eigenvalue weighted by Gasteiger charge is 2.22. The molecule has 10 heteroatoms. The van der Waals surface area contributed by atoms with Crippen molar-refractivity contribution in [1.29, 1.82) is 0 Å². The zero-order valence-electron chi connectivity index (χ0n) is 52.0. The Morgan fingerprint density at radius 3 is 0.662 bits per heavy atom. The lowest BCUT2D eigenvalue weighted by atomic mass is 10.1. The van der Waals surface area contributed by atoms with Gasteiger partial charge in [-0.1, -0.05) is 285 Å². The summed E-state index contributed by atoms with van der Waals surface area (Å²) in [5.74, 6) is -0.865. The van der Waals surface area contributed by atoms with E-state index in [4.69, 9.17) is 18.9 Å². The zero-order chi connectivity index (χ0) is 56.2. The number of hydrogen-bond donors (Lipinski definition) is 0. The molecule has 0 aliphatic carbocycles. The van der Waals surface area contributed by atoms with Crippen molar-refractivity contribution in [3.05, 3.63) is 0 Å². The quantitative estimate of drug-likeness (QED) is 0.0332. The van der Waals surface area contributed by atoms with E-state index in [-0.39, 0.29) is 55.6 Å². The van der Waals surface area contributed by atoms with Crippen molar-refractivity contribution in [1.82, 2.24) is 9.80 Å². The summed E-state index contributed by atoms with van der Waals surface area (Å²) in [4.78, 5) is 56.7. The van der Waals surface area contributed by atoms with Crippen LogP contribution in [0.25, 0.3) is 0 Å². The highest BCUT2D eigenvalue weighted by molar-refractivity contribution is 5.71. The van der Waals surface area contributed by atoms with Gasteiger partial charge < -0.3 is 23.8 Å². The van der Waals surface area contributed by atoms with Crippen LogP contribution < -0.4 is 0 Å². The number of esters is 4. The smallest absolute Gasteiger partial charge is 0.307 e. The lowest BCUT2D eigenvalue weighted by molar-refractivity contribution is -0.146. The van der Waals surface area contributed by atoms with Gasteiger partial charge in [0.1, 0.15) is 0 Å². The molecule has 0 spiro atoms. The van der Waals surface area contributed by atoms with Crippen LogP contribution in [0, 0.1) is 0 Å². The van der Waals surface area contributed by atoms with Crippen LogP contribution in [-0.2, 0) is 38.1 Å². The molecule has 0 aliphatic rings. The standard InChI is InChI=1S/C67H130N2O8/c1-6-10-14-18-22-26-30-34-38-42-46-58-74-64(70)50-54-68(55-51-65(71)75-59-47-43-39-35-31-27-23-19-15-11-7-2)62-63(5)69(56-52-66(72)76-60-48-44-40-36-32-28-24-20-16-12-8-3)57-53-67(73)77-61-49-45-41-37-33-29-25-21-17-13-9-4/h63H,6-62H2,1-5H3. The van der Waals surface area contributed by atoms with E-state index in [2.05, 4.69) is 44.4 Å². The van der Waals surface area contributed by atoms with Crippen LogP contribution in [0.3, 0.4) is 0 Å². The van der Waals surface area contributed by atoms with Crippen molar-refractivity contribution in [2.45, 2.75) is 349 Å². The van der Waals surface area contributed by atoms with Crippen molar-refractivity contribution in [2.24, 2.45) is 0 Å². The molecule has 0 aromatic rings. The maximum Gasteiger partial charge on any atom is 0.307 e. The Morgan fingerprint density at radius 1 is 0.273 bits per heavy atom. The lowest BCUT2D eigenvalue weighted by Crippen LogP contribution is -2.45. The highest BCUT2D eigenvalue weighted by Crippen LogP contribution is 2.16. The number of carbonyl (C=O) groups excluding carboxylic acids is 4. The summed E-state index contributed by atoms with van der Waals surface area (Å²) in [6.45, 7) is 15.3. The van der Waals surface area contributed by atoms with Gasteiger partial charge in [-0.25, -0.2) is 0 Å². The monoisotopic (exact) mass is 1090 g/mol. The minimum Gasteiger partial charge on any atom is -0.466 e. The molecule has 0 N–H and O–H groups in total. The highest BCUT2D eigenvalue weighted by atomic mass is 16.5. The Hall–Kier alpha value is -2.20. The fourth-order valence-corrected chi connectivity index (χ4v) is 10.4. The van der Waals surface area contributed by atoms with Gasteiger partial charge in [-0.15, -0.1) is 0 Å². The molecule has 456 valence electrons. The summed E-state index contributed by atoms with van der Waals surface area (Å²) in [5, 5.41) is 0. The van der Waals surface area contributed by atoms with E-state index in [1.807, 2.05) is 0 Å². The maximum absolute atomic E-state index is 13.1. The first-order valence-electron chi connectivity index (χ1n) is 33.9. The summed E-state index contributed by atoms with van der Waals surface area (Å²) in [6.07, 6.45) is 55.6. The summed E-state index contributed by atoms with van der Waals surface area (Å²) in [5.41, 5.74) is 0. The van der Waals surface area contributed by atoms with Gasteiger partial charge in [-0.05, 0) is 32.6 Å². The predicted octanol–water partition coefficient (Wildman–Crippen LogP) is 19.0. The summed E-state index contributed by atoms with van der Waals surface area (Å²) < 4.78 is 22.8. The zero-order valence-corrected chi connectivity index (χ0v) is 52.0. The minimum atomic E-state index is -0.216. The molecule has 1 unspecified atom stereocenters. The van der Waals surface area contributed by atoms with Crippen molar-refractivity contribution in [2.75, 3.05) is 59.2 Å². The second kappa shape index (κ2) is 61.4. The third-order valence-electron chi connectivity index (χ3n) is 15.7. The van der Waals surface area contributed by atoms with Gasteiger partial charge in [-0.2, -0.15) is 0 Å². The first kappa shape index (κ1) is 74.8. The summed E-state index contributed by atoms with van der Waals surface area (Å²) in [7, 11) is 0. The molecular weight excluding hydrogens is 961 g/mol. The third kappa shape index (κ3) is 56.9. The van der Waals surface area contributed by atoms with Crippen LogP contribution in [0.15, 0.2) is 0 Å². The van der Waals surface area contributed by atoms with E-state index in [9.17, 15) is 19.2 Å². The average molecular weight is 1090 g/mol. The second-order valence-electron chi connectivity index (χ2n) is 23.2. The fraction of sp³-hybridized carbons (Fsp3) is 0.940. The van der Waals surface area contributed by atoms with E-state index in [0.29, 0.717) is 59.2 Å². The van der Waals surface area contributed by atoms with Crippen LogP contribution in [-0.4, -0.2) is 98.9 Å². The van der Waals surface area contributed by atoms with Crippen LogP contribution in [0.2, 0.25) is 0 Å². The van der Waals surface area contributed by atoms with Gasteiger partial charge >= 0.3 is 23.9 Å². The molecule has 0 aromatic heterocycles.